The average molecular weight is 319 g/mol. The largest absolute Gasteiger partial charge is 0.492 e. The second-order valence-electron chi connectivity index (χ2n) is 5.23. The zero-order chi connectivity index (χ0) is 16.0. The number of ether oxygens (including phenoxy) is 1. The van der Waals surface area contributed by atoms with Crippen LogP contribution in [0.3, 0.4) is 0 Å². The van der Waals surface area contributed by atoms with Gasteiger partial charge in [-0.05, 0) is 42.7 Å². The summed E-state index contributed by atoms with van der Waals surface area (Å²) in [5, 5.41) is 0. The minimum atomic E-state index is -3.33. The maximum atomic E-state index is 11.9. The van der Waals surface area contributed by atoms with E-state index in [9.17, 15) is 8.42 Å². The SMILES string of the molecule is Cc1ccc(OCCNS(=O)(=O)Cc2ccccc2)cc1C. The van der Waals surface area contributed by atoms with Crippen LogP contribution in [0.4, 0.5) is 0 Å². The molecule has 0 radical (unpaired) electrons. The van der Waals surface area contributed by atoms with Crippen molar-refractivity contribution in [2.24, 2.45) is 0 Å². The summed E-state index contributed by atoms with van der Waals surface area (Å²) in [6.45, 7) is 4.61. The molecular formula is C17H21NO3S. The second-order valence-corrected chi connectivity index (χ2v) is 7.04. The first-order valence-corrected chi connectivity index (χ1v) is 8.83. The summed E-state index contributed by atoms with van der Waals surface area (Å²) in [6, 6.07) is 14.9. The van der Waals surface area contributed by atoms with Gasteiger partial charge in [-0.15, -0.1) is 0 Å². The highest BCUT2D eigenvalue weighted by atomic mass is 32.2. The average Bonchev–Trinajstić information content (AvgIpc) is 2.48. The van der Waals surface area contributed by atoms with Gasteiger partial charge in [0, 0.05) is 6.54 Å². The predicted octanol–water partition coefficient (Wildman–Crippen LogP) is 2.80. The van der Waals surface area contributed by atoms with Crippen LogP contribution in [-0.4, -0.2) is 21.6 Å². The zero-order valence-corrected chi connectivity index (χ0v) is 13.7. The van der Waals surface area contributed by atoms with Crippen LogP contribution in [0, 0.1) is 13.8 Å². The quantitative estimate of drug-likeness (QED) is 0.799. The van der Waals surface area contributed by atoms with E-state index in [1.165, 1.54) is 5.56 Å². The molecule has 22 heavy (non-hydrogen) atoms. The van der Waals surface area contributed by atoms with E-state index in [2.05, 4.69) is 4.72 Å². The standard InChI is InChI=1S/C17H21NO3S/c1-14-8-9-17(12-15(14)2)21-11-10-18-22(19,20)13-16-6-4-3-5-7-16/h3-9,12,18H,10-11,13H2,1-2H3. The number of aryl methyl sites for hydroxylation is 2. The van der Waals surface area contributed by atoms with Gasteiger partial charge in [0.1, 0.15) is 12.4 Å². The molecule has 0 aromatic heterocycles. The van der Waals surface area contributed by atoms with Crippen molar-refractivity contribution in [2.75, 3.05) is 13.2 Å². The third kappa shape index (κ3) is 5.16. The summed E-state index contributed by atoms with van der Waals surface area (Å²) in [7, 11) is -3.33. The predicted molar refractivity (Wildman–Crippen MR) is 88.5 cm³/mol. The molecule has 1 N–H and O–H groups in total. The molecule has 0 unspecified atom stereocenters. The maximum Gasteiger partial charge on any atom is 0.215 e. The Balaban J connectivity index is 1.79. The molecule has 118 valence electrons. The number of benzene rings is 2. The van der Waals surface area contributed by atoms with E-state index in [4.69, 9.17) is 4.74 Å². The van der Waals surface area contributed by atoms with E-state index in [1.807, 2.05) is 50.2 Å². The molecule has 0 bridgehead atoms. The minimum Gasteiger partial charge on any atom is -0.492 e. The van der Waals surface area contributed by atoms with Crippen LogP contribution in [0.25, 0.3) is 0 Å². The Morgan fingerprint density at radius 3 is 2.41 bits per heavy atom. The van der Waals surface area contributed by atoms with Gasteiger partial charge < -0.3 is 4.74 Å². The van der Waals surface area contributed by atoms with Gasteiger partial charge in [-0.25, -0.2) is 13.1 Å². The fraction of sp³-hybridized carbons (Fsp3) is 0.294. The Labute approximate surface area is 132 Å². The van der Waals surface area contributed by atoms with Gasteiger partial charge >= 0.3 is 0 Å². The van der Waals surface area contributed by atoms with Crippen molar-refractivity contribution in [1.29, 1.82) is 0 Å². The van der Waals surface area contributed by atoms with E-state index in [1.54, 1.807) is 12.1 Å². The van der Waals surface area contributed by atoms with Gasteiger partial charge in [0.05, 0.1) is 5.75 Å². The smallest absolute Gasteiger partial charge is 0.215 e. The van der Waals surface area contributed by atoms with Gasteiger partial charge in [0.15, 0.2) is 0 Å². The molecule has 0 heterocycles. The van der Waals surface area contributed by atoms with Gasteiger partial charge in [0.2, 0.25) is 10.0 Å². The summed E-state index contributed by atoms with van der Waals surface area (Å²) in [4.78, 5) is 0. The molecule has 0 aliphatic heterocycles. The third-order valence-corrected chi connectivity index (χ3v) is 4.73. The highest BCUT2D eigenvalue weighted by molar-refractivity contribution is 7.88. The van der Waals surface area contributed by atoms with Crippen molar-refractivity contribution in [3.63, 3.8) is 0 Å². The summed E-state index contributed by atoms with van der Waals surface area (Å²) in [5.41, 5.74) is 3.13. The Morgan fingerprint density at radius 2 is 1.73 bits per heavy atom. The first kappa shape index (κ1) is 16.5. The van der Waals surface area contributed by atoms with Crippen molar-refractivity contribution in [1.82, 2.24) is 4.72 Å². The molecule has 5 heteroatoms. The second kappa shape index (κ2) is 7.42. The molecule has 0 atom stereocenters. The van der Waals surface area contributed by atoms with Crippen molar-refractivity contribution in [3.8, 4) is 5.75 Å². The van der Waals surface area contributed by atoms with Gasteiger partial charge in [-0.2, -0.15) is 0 Å². The van der Waals surface area contributed by atoms with Gasteiger partial charge in [-0.1, -0.05) is 36.4 Å². The Morgan fingerprint density at radius 1 is 1.00 bits per heavy atom. The number of hydrogen-bond acceptors (Lipinski definition) is 3. The fourth-order valence-electron chi connectivity index (χ4n) is 2.01. The first-order valence-electron chi connectivity index (χ1n) is 7.17. The van der Waals surface area contributed by atoms with Gasteiger partial charge in [-0.3, -0.25) is 0 Å². The number of sulfonamides is 1. The van der Waals surface area contributed by atoms with E-state index in [0.29, 0.717) is 6.61 Å². The molecule has 2 aromatic rings. The highest BCUT2D eigenvalue weighted by Gasteiger charge is 2.10. The third-order valence-electron chi connectivity index (χ3n) is 3.37. The Bertz CT molecular complexity index is 712. The van der Waals surface area contributed by atoms with Gasteiger partial charge in [0.25, 0.3) is 0 Å². The van der Waals surface area contributed by atoms with E-state index < -0.39 is 10.0 Å². The molecule has 0 aliphatic carbocycles. The zero-order valence-electron chi connectivity index (χ0n) is 12.9. The molecule has 4 nitrogen and oxygen atoms in total. The van der Waals surface area contributed by atoms with Crippen molar-refractivity contribution in [2.45, 2.75) is 19.6 Å². The molecule has 0 aliphatic rings. The molecule has 2 rings (SSSR count). The Kier molecular flexibility index (Phi) is 5.57. The summed E-state index contributed by atoms with van der Waals surface area (Å²) < 4.78 is 32.0. The minimum absolute atomic E-state index is 0.0164. The molecule has 0 saturated carbocycles. The van der Waals surface area contributed by atoms with Crippen LogP contribution in [0.5, 0.6) is 5.75 Å². The van der Waals surface area contributed by atoms with Crippen LogP contribution >= 0.6 is 0 Å². The lowest BCUT2D eigenvalue weighted by Crippen LogP contribution is -2.29. The molecular weight excluding hydrogens is 298 g/mol. The Hall–Kier alpha value is -1.85. The van der Waals surface area contributed by atoms with Crippen LogP contribution < -0.4 is 9.46 Å². The van der Waals surface area contributed by atoms with Crippen molar-refractivity contribution >= 4 is 10.0 Å². The van der Waals surface area contributed by atoms with Crippen LogP contribution in [0.1, 0.15) is 16.7 Å². The molecule has 2 aromatic carbocycles. The lowest BCUT2D eigenvalue weighted by Gasteiger charge is -2.10. The lowest BCUT2D eigenvalue weighted by atomic mass is 10.1. The molecule has 0 fully saturated rings. The number of rotatable bonds is 7. The van der Waals surface area contributed by atoms with Crippen molar-refractivity contribution in [3.05, 3.63) is 65.2 Å². The van der Waals surface area contributed by atoms with E-state index in [-0.39, 0.29) is 12.3 Å². The normalized spacial score (nSPS) is 11.4. The van der Waals surface area contributed by atoms with E-state index in [0.717, 1.165) is 16.9 Å². The summed E-state index contributed by atoms with van der Waals surface area (Å²) in [6.07, 6.45) is 0. The van der Waals surface area contributed by atoms with Crippen LogP contribution in [0.15, 0.2) is 48.5 Å². The van der Waals surface area contributed by atoms with Crippen molar-refractivity contribution < 1.29 is 13.2 Å². The molecule has 0 spiro atoms. The first-order chi connectivity index (χ1) is 10.5. The lowest BCUT2D eigenvalue weighted by molar-refractivity contribution is 0.322. The summed E-state index contributed by atoms with van der Waals surface area (Å²) >= 11 is 0. The fourth-order valence-corrected chi connectivity index (χ4v) is 3.14. The number of nitrogens with one attached hydrogen (secondary N) is 1. The maximum absolute atomic E-state index is 11.9. The summed E-state index contributed by atoms with van der Waals surface area (Å²) in [5.74, 6) is 0.739. The van der Waals surface area contributed by atoms with Crippen LogP contribution in [0.2, 0.25) is 0 Å². The van der Waals surface area contributed by atoms with Crippen LogP contribution in [-0.2, 0) is 15.8 Å². The monoisotopic (exact) mass is 319 g/mol. The highest BCUT2D eigenvalue weighted by Crippen LogP contribution is 2.16. The van der Waals surface area contributed by atoms with E-state index >= 15 is 0 Å². The number of hydrogen-bond donors (Lipinski definition) is 1. The topological polar surface area (TPSA) is 55.4 Å². The molecule has 0 amide bonds. The molecule has 0 saturated heterocycles.